The summed E-state index contributed by atoms with van der Waals surface area (Å²) in [6, 6.07) is 10.1. The predicted molar refractivity (Wildman–Crippen MR) is 79.5 cm³/mol. The van der Waals surface area contributed by atoms with Crippen molar-refractivity contribution in [2.75, 3.05) is 6.54 Å². The summed E-state index contributed by atoms with van der Waals surface area (Å²) in [7, 11) is 0. The monoisotopic (exact) mass is 269 g/mol. The van der Waals surface area contributed by atoms with E-state index in [1.54, 1.807) is 0 Å². The van der Waals surface area contributed by atoms with Crippen LogP contribution in [0, 0.1) is 6.92 Å². The summed E-state index contributed by atoms with van der Waals surface area (Å²) in [5.41, 5.74) is 2.23. The van der Waals surface area contributed by atoms with Crippen LogP contribution < -0.4 is 5.32 Å². The molecule has 4 nitrogen and oxygen atoms in total. The van der Waals surface area contributed by atoms with Crippen LogP contribution in [-0.2, 0) is 13.1 Å². The first kappa shape index (κ1) is 12.9. The second kappa shape index (κ2) is 5.92. The molecule has 3 aromatic rings. The zero-order chi connectivity index (χ0) is 13.8. The molecule has 0 bridgehead atoms. The minimum absolute atomic E-state index is 0.849. The quantitative estimate of drug-likeness (QED) is 0.699. The van der Waals surface area contributed by atoms with Crippen molar-refractivity contribution < 1.29 is 4.42 Å². The van der Waals surface area contributed by atoms with E-state index in [1.807, 2.05) is 42.2 Å². The first-order chi connectivity index (χ1) is 9.84. The fraction of sp³-hybridized carbons (Fsp3) is 0.312. The maximum Gasteiger partial charge on any atom is 0.134 e. The Morgan fingerprint density at radius 1 is 1.25 bits per heavy atom. The topological polar surface area (TPSA) is 43.0 Å². The van der Waals surface area contributed by atoms with E-state index in [2.05, 4.69) is 22.5 Å². The summed E-state index contributed by atoms with van der Waals surface area (Å²) in [5, 5.41) is 8.89. The molecule has 0 saturated carbocycles. The van der Waals surface area contributed by atoms with E-state index in [1.165, 1.54) is 10.9 Å². The van der Waals surface area contributed by atoms with Gasteiger partial charge in [-0.05, 0) is 32.0 Å². The Hall–Kier alpha value is -2.07. The molecular weight excluding hydrogens is 250 g/mol. The lowest BCUT2D eigenvalue weighted by atomic mass is 10.1. The lowest BCUT2D eigenvalue weighted by Gasteiger charge is -2.05. The van der Waals surface area contributed by atoms with E-state index in [0.29, 0.717) is 0 Å². The van der Waals surface area contributed by atoms with E-state index >= 15 is 0 Å². The number of fused-ring (bicyclic) bond motifs is 1. The molecule has 2 heterocycles. The Kier molecular flexibility index (Phi) is 3.83. The van der Waals surface area contributed by atoms with Crippen LogP contribution in [-0.4, -0.2) is 16.3 Å². The second-order valence-electron chi connectivity index (χ2n) is 4.93. The minimum atomic E-state index is 0.849. The summed E-state index contributed by atoms with van der Waals surface area (Å²) in [6.45, 7) is 4.80. The Labute approximate surface area is 118 Å². The zero-order valence-electron chi connectivity index (χ0n) is 11.7. The summed E-state index contributed by atoms with van der Waals surface area (Å²) < 4.78 is 7.72. The van der Waals surface area contributed by atoms with Crippen LogP contribution in [0.1, 0.15) is 17.7 Å². The molecule has 0 radical (unpaired) electrons. The molecule has 0 fully saturated rings. The van der Waals surface area contributed by atoms with E-state index in [-0.39, 0.29) is 0 Å². The van der Waals surface area contributed by atoms with Crippen molar-refractivity contribution in [1.29, 1.82) is 0 Å². The van der Waals surface area contributed by atoms with Gasteiger partial charge < -0.3 is 9.73 Å². The molecule has 1 aromatic carbocycles. The number of aromatic nitrogens is 2. The average Bonchev–Trinajstić information content (AvgIpc) is 3.06. The van der Waals surface area contributed by atoms with Crippen molar-refractivity contribution >= 4 is 11.0 Å². The number of aryl methyl sites for hydroxylation is 2. The van der Waals surface area contributed by atoms with Gasteiger partial charge >= 0.3 is 0 Å². The maximum atomic E-state index is 5.76. The van der Waals surface area contributed by atoms with Crippen molar-refractivity contribution in [3.63, 3.8) is 0 Å². The summed E-state index contributed by atoms with van der Waals surface area (Å²) in [4.78, 5) is 0. The first-order valence-electron chi connectivity index (χ1n) is 7.00. The fourth-order valence-corrected chi connectivity index (χ4v) is 2.45. The zero-order valence-corrected chi connectivity index (χ0v) is 11.7. The third kappa shape index (κ3) is 2.75. The van der Waals surface area contributed by atoms with Crippen LogP contribution in [0.3, 0.4) is 0 Å². The van der Waals surface area contributed by atoms with Crippen molar-refractivity contribution in [3.8, 4) is 0 Å². The van der Waals surface area contributed by atoms with Crippen molar-refractivity contribution in [2.45, 2.75) is 26.4 Å². The Morgan fingerprint density at radius 2 is 2.15 bits per heavy atom. The predicted octanol–water partition coefficient (Wildman–Crippen LogP) is 3.12. The third-order valence-corrected chi connectivity index (χ3v) is 3.50. The Morgan fingerprint density at radius 3 is 3.00 bits per heavy atom. The van der Waals surface area contributed by atoms with Gasteiger partial charge in [-0.25, -0.2) is 0 Å². The number of furan rings is 1. The van der Waals surface area contributed by atoms with Crippen molar-refractivity contribution in [3.05, 3.63) is 54.0 Å². The highest BCUT2D eigenvalue weighted by molar-refractivity contribution is 5.82. The van der Waals surface area contributed by atoms with Crippen molar-refractivity contribution in [2.24, 2.45) is 0 Å². The molecule has 0 amide bonds. The molecule has 1 N–H and O–H groups in total. The highest BCUT2D eigenvalue weighted by Gasteiger charge is 2.09. The van der Waals surface area contributed by atoms with Gasteiger partial charge in [0.2, 0.25) is 0 Å². The number of benzene rings is 1. The van der Waals surface area contributed by atoms with E-state index in [4.69, 9.17) is 4.42 Å². The molecule has 0 unspecified atom stereocenters. The number of para-hydroxylation sites is 1. The largest absolute Gasteiger partial charge is 0.461 e. The van der Waals surface area contributed by atoms with Gasteiger partial charge in [0.05, 0.1) is 0 Å². The van der Waals surface area contributed by atoms with Gasteiger partial charge in [0, 0.05) is 36.4 Å². The summed E-state index contributed by atoms with van der Waals surface area (Å²) in [5.74, 6) is 1.01. The molecule has 3 rings (SSSR count). The van der Waals surface area contributed by atoms with Gasteiger partial charge in [0.1, 0.15) is 11.3 Å². The number of hydrogen-bond donors (Lipinski definition) is 1. The Balaban J connectivity index is 1.53. The van der Waals surface area contributed by atoms with Crippen LogP contribution in [0.15, 0.2) is 47.1 Å². The molecular formula is C16H19N3O. The van der Waals surface area contributed by atoms with E-state index < -0.39 is 0 Å². The van der Waals surface area contributed by atoms with Crippen LogP contribution in [0.5, 0.6) is 0 Å². The van der Waals surface area contributed by atoms with Gasteiger partial charge in [-0.3, -0.25) is 4.68 Å². The van der Waals surface area contributed by atoms with Gasteiger partial charge in [-0.1, -0.05) is 18.2 Å². The third-order valence-electron chi connectivity index (χ3n) is 3.50. The van der Waals surface area contributed by atoms with Crippen molar-refractivity contribution in [1.82, 2.24) is 15.1 Å². The molecule has 0 aliphatic heterocycles. The number of rotatable bonds is 6. The molecule has 4 heteroatoms. The molecule has 0 spiro atoms. The van der Waals surface area contributed by atoms with E-state index in [0.717, 1.165) is 37.4 Å². The maximum absolute atomic E-state index is 5.76. The Bertz CT molecular complexity index is 670. The SMILES string of the molecule is Cc1oc2ccccc2c1CNCCCn1cccn1. The van der Waals surface area contributed by atoms with E-state index in [9.17, 15) is 0 Å². The smallest absolute Gasteiger partial charge is 0.134 e. The molecule has 20 heavy (non-hydrogen) atoms. The molecule has 104 valence electrons. The highest BCUT2D eigenvalue weighted by Crippen LogP contribution is 2.24. The number of nitrogens with one attached hydrogen (secondary N) is 1. The normalized spacial score (nSPS) is 11.2. The molecule has 0 saturated heterocycles. The lowest BCUT2D eigenvalue weighted by molar-refractivity contribution is 0.535. The summed E-state index contributed by atoms with van der Waals surface area (Å²) >= 11 is 0. The first-order valence-corrected chi connectivity index (χ1v) is 7.00. The van der Waals surface area contributed by atoms with Gasteiger partial charge in [0.25, 0.3) is 0 Å². The highest BCUT2D eigenvalue weighted by atomic mass is 16.3. The van der Waals surface area contributed by atoms with Crippen LogP contribution in [0.4, 0.5) is 0 Å². The standard InChI is InChI=1S/C16H19N3O/c1-13-15(14-6-2-3-7-16(14)20-13)12-17-8-4-10-19-11-5-9-18-19/h2-3,5-7,9,11,17H,4,8,10,12H2,1H3. The molecule has 0 aliphatic carbocycles. The van der Waals surface area contributed by atoms with Gasteiger partial charge in [0.15, 0.2) is 0 Å². The molecule has 0 aliphatic rings. The molecule has 0 atom stereocenters. The molecule has 2 aromatic heterocycles. The van der Waals surface area contributed by atoms with Gasteiger partial charge in [-0.2, -0.15) is 5.10 Å². The average molecular weight is 269 g/mol. The number of hydrogen-bond acceptors (Lipinski definition) is 3. The van der Waals surface area contributed by atoms with Crippen LogP contribution in [0.2, 0.25) is 0 Å². The fourth-order valence-electron chi connectivity index (χ4n) is 2.45. The van der Waals surface area contributed by atoms with Crippen LogP contribution in [0.25, 0.3) is 11.0 Å². The van der Waals surface area contributed by atoms with Gasteiger partial charge in [-0.15, -0.1) is 0 Å². The van der Waals surface area contributed by atoms with Crippen LogP contribution >= 0.6 is 0 Å². The lowest BCUT2D eigenvalue weighted by Crippen LogP contribution is -2.17. The number of nitrogens with zero attached hydrogens (tertiary/aromatic N) is 2. The minimum Gasteiger partial charge on any atom is -0.461 e. The summed E-state index contributed by atoms with van der Waals surface area (Å²) in [6.07, 6.45) is 4.87. The second-order valence-corrected chi connectivity index (χ2v) is 4.93.